The van der Waals surface area contributed by atoms with Gasteiger partial charge in [-0.1, -0.05) is 30.3 Å². The van der Waals surface area contributed by atoms with Gasteiger partial charge in [-0.15, -0.1) is 0 Å². The van der Waals surface area contributed by atoms with Crippen molar-refractivity contribution in [1.29, 1.82) is 0 Å². The lowest BCUT2D eigenvalue weighted by atomic mass is 10.1. The smallest absolute Gasteiger partial charge is 0.270 e. The number of rotatable bonds is 3. The summed E-state index contributed by atoms with van der Waals surface area (Å²) >= 11 is 0. The predicted octanol–water partition coefficient (Wildman–Crippen LogP) is 1.44. The van der Waals surface area contributed by atoms with E-state index in [-0.39, 0.29) is 23.1 Å². The van der Waals surface area contributed by atoms with Crippen molar-refractivity contribution in [3.05, 3.63) is 57.5 Å². The van der Waals surface area contributed by atoms with Gasteiger partial charge in [-0.25, -0.2) is 13.1 Å². The largest absolute Gasteiger partial charge is 0.299 e. The molecule has 1 saturated heterocycles. The van der Waals surface area contributed by atoms with E-state index in [0.717, 1.165) is 11.3 Å². The molecular weight excluding hydrogens is 288 g/mol. The molecule has 0 amide bonds. The van der Waals surface area contributed by atoms with Gasteiger partial charge in [0.2, 0.25) is 0 Å². The second-order valence-electron chi connectivity index (χ2n) is 5.61. The number of benzene rings is 1. The lowest BCUT2D eigenvalue weighted by Gasteiger charge is -2.07. The van der Waals surface area contributed by atoms with Gasteiger partial charge in [0, 0.05) is 17.7 Å². The third kappa shape index (κ3) is 2.81. The standard InChI is InChI=1S/C15H18N2O3S/c1-11-14(9-12-5-3-2-4-6-12)15(18)17(16-11)13-7-8-21(19,20)10-13/h2-6,13,16H,7-10H2,1H3/t13-/m0/s1. The second kappa shape index (κ2) is 5.18. The molecule has 112 valence electrons. The summed E-state index contributed by atoms with van der Waals surface area (Å²) in [5.74, 6) is 0.216. The molecular formula is C15H18N2O3S. The minimum absolute atomic E-state index is 0.0532. The molecule has 2 aromatic rings. The maximum absolute atomic E-state index is 12.5. The van der Waals surface area contributed by atoms with Crippen LogP contribution < -0.4 is 5.56 Å². The molecule has 21 heavy (non-hydrogen) atoms. The average molecular weight is 306 g/mol. The molecule has 0 saturated carbocycles. The van der Waals surface area contributed by atoms with Gasteiger partial charge < -0.3 is 0 Å². The molecule has 1 aromatic carbocycles. The molecule has 3 rings (SSSR count). The highest BCUT2D eigenvalue weighted by Crippen LogP contribution is 2.22. The number of nitrogens with one attached hydrogen (secondary N) is 1. The van der Waals surface area contributed by atoms with Crippen LogP contribution in [-0.2, 0) is 16.3 Å². The van der Waals surface area contributed by atoms with Crippen molar-refractivity contribution in [2.75, 3.05) is 11.5 Å². The molecule has 1 N–H and O–H groups in total. The molecule has 2 heterocycles. The Morgan fingerprint density at radius 3 is 2.62 bits per heavy atom. The van der Waals surface area contributed by atoms with Crippen LogP contribution in [0.5, 0.6) is 0 Å². The maximum Gasteiger partial charge on any atom is 0.270 e. The van der Waals surface area contributed by atoms with Crippen LogP contribution in [0.1, 0.15) is 29.3 Å². The maximum atomic E-state index is 12.5. The number of hydrogen-bond donors (Lipinski definition) is 1. The van der Waals surface area contributed by atoms with E-state index >= 15 is 0 Å². The molecule has 1 aliphatic heterocycles. The minimum atomic E-state index is -3.00. The van der Waals surface area contributed by atoms with Gasteiger partial charge in [0.15, 0.2) is 9.84 Å². The normalized spacial score (nSPS) is 20.7. The van der Waals surface area contributed by atoms with Gasteiger partial charge >= 0.3 is 0 Å². The number of H-pyrrole nitrogens is 1. The number of aromatic nitrogens is 2. The van der Waals surface area contributed by atoms with Crippen molar-refractivity contribution in [3.63, 3.8) is 0 Å². The Morgan fingerprint density at radius 1 is 1.29 bits per heavy atom. The molecule has 0 unspecified atom stereocenters. The summed E-state index contributed by atoms with van der Waals surface area (Å²) < 4.78 is 24.7. The summed E-state index contributed by atoms with van der Waals surface area (Å²) in [4.78, 5) is 12.5. The number of nitrogens with zero attached hydrogens (tertiary/aromatic N) is 1. The zero-order valence-corrected chi connectivity index (χ0v) is 12.7. The van der Waals surface area contributed by atoms with E-state index in [1.165, 1.54) is 4.68 Å². The Bertz CT molecular complexity index is 803. The summed E-state index contributed by atoms with van der Waals surface area (Å²) in [7, 11) is -3.00. The van der Waals surface area contributed by atoms with Crippen molar-refractivity contribution in [2.24, 2.45) is 0 Å². The van der Waals surface area contributed by atoms with E-state index in [4.69, 9.17) is 0 Å². The first-order valence-electron chi connectivity index (χ1n) is 7.00. The molecule has 0 bridgehead atoms. The molecule has 0 aliphatic carbocycles. The summed E-state index contributed by atoms with van der Waals surface area (Å²) in [6, 6.07) is 9.53. The fourth-order valence-corrected chi connectivity index (χ4v) is 4.55. The number of aryl methyl sites for hydroxylation is 1. The van der Waals surface area contributed by atoms with Crippen molar-refractivity contribution >= 4 is 9.84 Å². The Balaban J connectivity index is 1.92. The van der Waals surface area contributed by atoms with Gasteiger partial charge in [0.25, 0.3) is 5.56 Å². The van der Waals surface area contributed by atoms with E-state index in [1.807, 2.05) is 37.3 Å². The Labute approximate surface area is 123 Å². The van der Waals surface area contributed by atoms with E-state index in [0.29, 0.717) is 18.4 Å². The number of aromatic amines is 1. The summed E-state index contributed by atoms with van der Waals surface area (Å²) in [6.07, 6.45) is 1.07. The molecule has 5 nitrogen and oxygen atoms in total. The first-order valence-corrected chi connectivity index (χ1v) is 8.83. The van der Waals surface area contributed by atoms with Gasteiger partial charge in [0.05, 0.1) is 17.5 Å². The Morgan fingerprint density at radius 2 is 2.00 bits per heavy atom. The van der Waals surface area contributed by atoms with Crippen LogP contribution >= 0.6 is 0 Å². The summed E-state index contributed by atoms with van der Waals surface area (Å²) in [6.45, 7) is 1.86. The van der Waals surface area contributed by atoms with Crippen molar-refractivity contribution in [1.82, 2.24) is 9.78 Å². The molecule has 0 spiro atoms. The van der Waals surface area contributed by atoms with Gasteiger partial charge in [-0.2, -0.15) is 0 Å². The fourth-order valence-electron chi connectivity index (χ4n) is 2.85. The first kappa shape index (κ1) is 14.1. The van der Waals surface area contributed by atoms with E-state index in [1.54, 1.807) is 0 Å². The quantitative estimate of drug-likeness (QED) is 0.932. The van der Waals surface area contributed by atoms with Crippen molar-refractivity contribution in [3.8, 4) is 0 Å². The van der Waals surface area contributed by atoms with Crippen molar-refractivity contribution < 1.29 is 8.42 Å². The van der Waals surface area contributed by atoms with Gasteiger partial charge in [-0.05, 0) is 18.9 Å². The van der Waals surface area contributed by atoms with E-state index in [2.05, 4.69) is 5.10 Å². The highest BCUT2D eigenvalue weighted by molar-refractivity contribution is 7.91. The lowest BCUT2D eigenvalue weighted by molar-refractivity contribution is 0.483. The van der Waals surface area contributed by atoms with Crippen LogP contribution in [0.3, 0.4) is 0 Å². The highest BCUT2D eigenvalue weighted by atomic mass is 32.2. The van der Waals surface area contributed by atoms with Crippen LogP contribution in [0.15, 0.2) is 35.1 Å². The highest BCUT2D eigenvalue weighted by Gasteiger charge is 2.31. The minimum Gasteiger partial charge on any atom is -0.299 e. The third-order valence-corrected chi connectivity index (χ3v) is 5.77. The number of sulfone groups is 1. The summed E-state index contributed by atoms with van der Waals surface area (Å²) in [5.41, 5.74) is 2.50. The van der Waals surface area contributed by atoms with Crippen LogP contribution in [-0.4, -0.2) is 29.7 Å². The van der Waals surface area contributed by atoms with Crippen LogP contribution in [0, 0.1) is 6.92 Å². The van der Waals surface area contributed by atoms with Gasteiger partial charge in [-0.3, -0.25) is 9.89 Å². The van der Waals surface area contributed by atoms with Gasteiger partial charge in [0.1, 0.15) is 0 Å². The molecule has 6 heteroatoms. The van der Waals surface area contributed by atoms with Crippen molar-refractivity contribution in [2.45, 2.75) is 25.8 Å². The fraction of sp³-hybridized carbons (Fsp3) is 0.400. The van der Waals surface area contributed by atoms with Crippen LogP contribution in [0.2, 0.25) is 0 Å². The third-order valence-electron chi connectivity index (χ3n) is 4.02. The van der Waals surface area contributed by atoms with E-state index < -0.39 is 9.84 Å². The molecule has 1 atom stereocenters. The topological polar surface area (TPSA) is 71.9 Å². The Kier molecular flexibility index (Phi) is 3.49. The molecule has 1 fully saturated rings. The van der Waals surface area contributed by atoms with Crippen LogP contribution in [0.25, 0.3) is 0 Å². The zero-order valence-electron chi connectivity index (χ0n) is 11.9. The SMILES string of the molecule is Cc1[nH]n([C@H]2CCS(=O)(=O)C2)c(=O)c1Cc1ccccc1. The van der Waals surface area contributed by atoms with E-state index in [9.17, 15) is 13.2 Å². The monoisotopic (exact) mass is 306 g/mol. The second-order valence-corrected chi connectivity index (χ2v) is 7.84. The Hall–Kier alpha value is -1.82. The zero-order chi connectivity index (χ0) is 15.0. The summed E-state index contributed by atoms with van der Waals surface area (Å²) in [5, 5.41) is 3.05. The van der Waals surface area contributed by atoms with Crippen LogP contribution in [0.4, 0.5) is 0 Å². The average Bonchev–Trinajstić information content (AvgIpc) is 2.94. The number of hydrogen-bond acceptors (Lipinski definition) is 3. The molecule has 1 aliphatic rings. The molecule has 0 radical (unpaired) electrons. The lowest BCUT2D eigenvalue weighted by Crippen LogP contribution is -2.25. The first-order chi connectivity index (χ1) is 9.96. The molecule has 1 aromatic heterocycles. The predicted molar refractivity (Wildman–Crippen MR) is 81.3 cm³/mol.